The number of ether oxygens (including phenoxy) is 1. The van der Waals surface area contributed by atoms with E-state index in [1.807, 2.05) is 91.9 Å². The molecule has 0 heterocycles. The van der Waals surface area contributed by atoms with Gasteiger partial charge in [-0.25, -0.2) is 0 Å². The van der Waals surface area contributed by atoms with E-state index in [1.165, 1.54) is 0 Å². The Morgan fingerprint density at radius 2 is 1.61 bits per heavy atom. The van der Waals surface area contributed by atoms with E-state index in [2.05, 4.69) is 27.3 Å². The molecule has 3 nitrogen and oxygen atoms in total. The van der Waals surface area contributed by atoms with Gasteiger partial charge in [-0.1, -0.05) is 64.5 Å². The van der Waals surface area contributed by atoms with E-state index in [-0.39, 0.29) is 11.8 Å². The lowest BCUT2D eigenvalue weighted by Gasteiger charge is -2.21. The van der Waals surface area contributed by atoms with Gasteiger partial charge in [0.2, 0.25) is 0 Å². The maximum Gasteiger partial charge on any atom is 0.165 e. The highest BCUT2D eigenvalue weighted by Gasteiger charge is 2.18. The summed E-state index contributed by atoms with van der Waals surface area (Å²) < 4.78 is 6.59. The van der Waals surface area contributed by atoms with Crippen molar-refractivity contribution in [3.63, 3.8) is 0 Å². The van der Waals surface area contributed by atoms with Crippen molar-refractivity contribution < 1.29 is 9.53 Å². The molecule has 0 fully saturated rings. The molecule has 0 amide bonds. The molecule has 0 spiro atoms. The van der Waals surface area contributed by atoms with Crippen LogP contribution in [0.25, 0.3) is 10.8 Å². The SMILES string of the molecule is CCOc1ccc(C(CC(=O)c2ccc3ccccc3c2)Nc2ccc(Br)cc2)cc1. The van der Waals surface area contributed by atoms with Crippen LogP contribution in [0.2, 0.25) is 0 Å². The molecule has 1 N–H and O–H groups in total. The first-order valence-corrected chi connectivity index (χ1v) is 11.2. The van der Waals surface area contributed by atoms with Gasteiger partial charge < -0.3 is 10.1 Å². The van der Waals surface area contributed by atoms with E-state index >= 15 is 0 Å². The smallest absolute Gasteiger partial charge is 0.165 e. The molecule has 4 aromatic rings. The fourth-order valence-corrected chi connectivity index (χ4v) is 3.89. The number of ketones is 1. The summed E-state index contributed by atoms with van der Waals surface area (Å²) in [6.07, 6.45) is 0.350. The van der Waals surface area contributed by atoms with Gasteiger partial charge >= 0.3 is 0 Å². The second-order valence-electron chi connectivity index (χ2n) is 7.40. The minimum atomic E-state index is -0.157. The van der Waals surface area contributed by atoms with E-state index in [9.17, 15) is 4.79 Å². The molecule has 0 aliphatic carbocycles. The third-order valence-corrected chi connectivity index (χ3v) is 5.77. The van der Waals surface area contributed by atoms with Gasteiger partial charge in [-0.15, -0.1) is 0 Å². The summed E-state index contributed by atoms with van der Waals surface area (Å²) in [5.74, 6) is 0.934. The van der Waals surface area contributed by atoms with Crippen LogP contribution in [-0.2, 0) is 0 Å². The van der Waals surface area contributed by atoms with Crippen LogP contribution < -0.4 is 10.1 Å². The number of Topliss-reactive ketones (excluding diaryl/α,β-unsaturated/α-hetero) is 1. The van der Waals surface area contributed by atoms with Gasteiger partial charge in [0.05, 0.1) is 12.6 Å². The van der Waals surface area contributed by atoms with Crippen molar-refractivity contribution in [2.75, 3.05) is 11.9 Å². The summed E-state index contributed by atoms with van der Waals surface area (Å²) in [5.41, 5.74) is 2.74. The third-order valence-electron chi connectivity index (χ3n) is 5.24. The van der Waals surface area contributed by atoms with Crippen LogP contribution in [0.3, 0.4) is 0 Å². The Kier molecular flexibility index (Phi) is 6.68. The number of hydrogen-bond acceptors (Lipinski definition) is 3. The normalized spacial score (nSPS) is 11.8. The Bertz CT molecular complexity index is 1170. The molecule has 31 heavy (non-hydrogen) atoms. The van der Waals surface area contributed by atoms with Crippen LogP contribution in [0.4, 0.5) is 5.69 Å². The van der Waals surface area contributed by atoms with E-state index in [0.717, 1.165) is 37.8 Å². The first-order chi connectivity index (χ1) is 15.1. The molecule has 0 saturated heterocycles. The van der Waals surface area contributed by atoms with Crippen molar-refractivity contribution in [3.8, 4) is 5.75 Å². The van der Waals surface area contributed by atoms with Gasteiger partial charge in [0.15, 0.2) is 5.78 Å². The number of nitrogens with one attached hydrogen (secondary N) is 1. The molecule has 4 rings (SSSR count). The Labute approximate surface area is 191 Å². The van der Waals surface area contributed by atoms with Gasteiger partial charge in [-0.05, 0) is 65.7 Å². The number of halogens is 1. The molecule has 0 radical (unpaired) electrons. The summed E-state index contributed by atoms with van der Waals surface area (Å²) in [7, 11) is 0. The van der Waals surface area contributed by atoms with E-state index in [4.69, 9.17) is 4.74 Å². The van der Waals surface area contributed by atoms with Crippen LogP contribution in [0, 0.1) is 0 Å². The fourth-order valence-electron chi connectivity index (χ4n) is 3.63. The molecular formula is C27H24BrNO2. The topological polar surface area (TPSA) is 38.3 Å². The molecule has 0 aliphatic heterocycles. The first-order valence-electron chi connectivity index (χ1n) is 10.4. The molecular weight excluding hydrogens is 450 g/mol. The molecule has 1 unspecified atom stereocenters. The largest absolute Gasteiger partial charge is 0.494 e. The van der Waals surface area contributed by atoms with Crippen molar-refractivity contribution in [1.82, 2.24) is 0 Å². The van der Waals surface area contributed by atoms with Crippen LogP contribution >= 0.6 is 15.9 Å². The van der Waals surface area contributed by atoms with Crippen molar-refractivity contribution in [2.45, 2.75) is 19.4 Å². The summed E-state index contributed by atoms with van der Waals surface area (Å²) in [6.45, 7) is 2.59. The quantitative estimate of drug-likeness (QED) is 0.270. The molecule has 156 valence electrons. The first kappa shape index (κ1) is 21.1. The minimum Gasteiger partial charge on any atom is -0.494 e. The summed E-state index contributed by atoms with van der Waals surface area (Å²) >= 11 is 3.47. The molecule has 4 aromatic carbocycles. The van der Waals surface area contributed by atoms with E-state index in [1.54, 1.807) is 0 Å². The lowest BCUT2D eigenvalue weighted by Crippen LogP contribution is -2.16. The second kappa shape index (κ2) is 9.80. The van der Waals surface area contributed by atoms with E-state index < -0.39 is 0 Å². The molecule has 0 aromatic heterocycles. The number of rotatable bonds is 8. The Morgan fingerprint density at radius 3 is 2.32 bits per heavy atom. The van der Waals surface area contributed by atoms with Gasteiger partial charge in [0.25, 0.3) is 0 Å². The maximum absolute atomic E-state index is 13.2. The average molecular weight is 474 g/mol. The molecule has 0 saturated carbocycles. The number of hydrogen-bond donors (Lipinski definition) is 1. The number of carbonyl (C=O) groups is 1. The van der Waals surface area contributed by atoms with E-state index in [0.29, 0.717) is 13.0 Å². The minimum absolute atomic E-state index is 0.106. The standard InChI is InChI=1S/C27H24BrNO2/c1-2-31-25-15-9-20(10-16-25)26(29-24-13-11-23(28)12-14-24)18-27(30)22-8-7-19-5-3-4-6-21(19)17-22/h3-17,26,29H,2,18H2,1H3. The zero-order valence-electron chi connectivity index (χ0n) is 17.3. The predicted octanol–water partition coefficient (Wildman–Crippen LogP) is 7.43. The second-order valence-corrected chi connectivity index (χ2v) is 8.31. The average Bonchev–Trinajstić information content (AvgIpc) is 2.80. The Morgan fingerprint density at radius 1 is 0.903 bits per heavy atom. The van der Waals surface area contributed by atoms with Gasteiger partial charge in [0.1, 0.15) is 5.75 Å². The zero-order chi connectivity index (χ0) is 21.6. The lowest BCUT2D eigenvalue weighted by molar-refractivity contribution is 0.0976. The van der Waals surface area contributed by atoms with Gasteiger partial charge in [-0.3, -0.25) is 4.79 Å². The van der Waals surface area contributed by atoms with Crippen LogP contribution in [-0.4, -0.2) is 12.4 Å². The number of fused-ring (bicyclic) bond motifs is 1. The van der Waals surface area contributed by atoms with Gasteiger partial charge in [-0.2, -0.15) is 0 Å². The zero-order valence-corrected chi connectivity index (χ0v) is 18.9. The summed E-state index contributed by atoms with van der Waals surface area (Å²) in [6, 6.07) is 29.8. The summed E-state index contributed by atoms with van der Waals surface area (Å²) in [4.78, 5) is 13.2. The van der Waals surface area contributed by atoms with Crippen molar-refractivity contribution in [1.29, 1.82) is 0 Å². The van der Waals surface area contributed by atoms with Crippen LogP contribution in [0.15, 0.2) is 95.5 Å². The number of anilines is 1. The maximum atomic E-state index is 13.2. The molecule has 0 aliphatic rings. The third kappa shape index (κ3) is 5.33. The molecule has 1 atom stereocenters. The predicted molar refractivity (Wildman–Crippen MR) is 131 cm³/mol. The van der Waals surface area contributed by atoms with Crippen molar-refractivity contribution >= 4 is 38.2 Å². The van der Waals surface area contributed by atoms with Crippen molar-refractivity contribution in [2.24, 2.45) is 0 Å². The highest BCUT2D eigenvalue weighted by molar-refractivity contribution is 9.10. The number of benzene rings is 4. The van der Waals surface area contributed by atoms with Crippen LogP contribution in [0.1, 0.15) is 35.3 Å². The van der Waals surface area contributed by atoms with Gasteiger partial charge in [0, 0.05) is 22.1 Å². The highest BCUT2D eigenvalue weighted by Crippen LogP contribution is 2.28. The monoisotopic (exact) mass is 473 g/mol. The number of carbonyl (C=O) groups excluding carboxylic acids is 1. The lowest BCUT2D eigenvalue weighted by atomic mass is 9.96. The van der Waals surface area contributed by atoms with Crippen molar-refractivity contribution in [3.05, 3.63) is 107 Å². The fraction of sp³-hybridized carbons (Fsp3) is 0.148. The highest BCUT2D eigenvalue weighted by atomic mass is 79.9. The Balaban J connectivity index is 1.60. The molecule has 4 heteroatoms. The summed E-state index contributed by atoms with van der Waals surface area (Å²) in [5, 5.41) is 5.74. The molecule has 0 bridgehead atoms. The Hall–Kier alpha value is -3.11. The van der Waals surface area contributed by atoms with Crippen LogP contribution in [0.5, 0.6) is 5.75 Å².